The summed E-state index contributed by atoms with van der Waals surface area (Å²) in [4.78, 5) is 0. The molecule has 1 aliphatic carbocycles. The Morgan fingerprint density at radius 2 is 1.93 bits per heavy atom. The second-order valence-corrected chi connectivity index (χ2v) is 4.90. The first-order valence-electron chi connectivity index (χ1n) is 6.06. The van der Waals surface area contributed by atoms with E-state index in [2.05, 4.69) is 49.5 Å². The molecule has 0 radical (unpaired) electrons. The molecule has 1 fully saturated rings. The number of benzene rings is 1. The quantitative estimate of drug-likeness (QED) is 0.775. The first kappa shape index (κ1) is 10.7. The second kappa shape index (κ2) is 4.36. The molecule has 0 heterocycles. The van der Waals surface area contributed by atoms with Gasteiger partial charge in [0.15, 0.2) is 0 Å². The van der Waals surface area contributed by atoms with Crippen LogP contribution in [-0.4, -0.2) is 11.6 Å². The number of hydrogen-bond acceptors (Lipinski definition) is 1. The van der Waals surface area contributed by atoms with E-state index in [-0.39, 0.29) is 0 Å². The first-order chi connectivity index (χ1) is 7.24. The molecular formula is C14H21N. The minimum Gasteiger partial charge on any atom is -0.308 e. The van der Waals surface area contributed by atoms with Gasteiger partial charge in [-0.2, -0.15) is 0 Å². The Morgan fingerprint density at radius 1 is 1.27 bits per heavy atom. The van der Waals surface area contributed by atoms with Crippen LogP contribution in [0.3, 0.4) is 0 Å². The zero-order valence-corrected chi connectivity index (χ0v) is 9.79. The van der Waals surface area contributed by atoms with Gasteiger partial charge in [-0.05, 0) is 38.2 Å². The van der Waals surface area contributed by atoms with Gasteiger partial charge in [0.05, 0.1) is 0 Å². The average molecular weight is 203 g/mol. The van der Waals surface area contributed by atoms with Crippen LogP contribution in [0.15, 0.2) is 30.3 Å². The van der Waals surface area contributed by atoms with Crippen molar-refractivity contribution in [3.05, 3.63) is 35.9 Å². The normalized spacial score (nSPS) is 19.9. The lowest BCUT2D eigenvalue weighted by atomic mass is 10.0. The van der Waals surface area contributed by atoms with Gasteiger partial charge in [0.1, 0.15) is 0 Å². The Balaban J connectivity index is 1.94. The maximum Gasteiger partial charge on any atom is 0.0225 e. The standard InChI is InChI=1S/C14H21N/c1-3-12(2)15-14(9-10-14)11-13-7-5-4-6-8-13/h4-8,12,15H,3,9-11H2,1-2H3. The molecule has 1 unspecified atom stereocenters. The van der Waals surface area contributed by atoms with Gasteiger partial charge in [-0.25, -0.2) is 0 Å². The van der Waals surface area contributed by atoms with Crippen LogP contribution in [0, 0.1) is 0 Å². The Labute approximate surface area is 92.9 Å². The lowest BCUT2D eigenvalue weighted by Gasteiger charge is -2.22. The summed E-state index contributed by atoms with van der Waals surface area (Å²) in [5, 5.41) is 3.77. The fraction of sp³-hybridized carbons (Fsp3) is 0.571. The highest BCUT2D eigenvalue weighted by molar-refractivity contribution is 5.21. The molecule has 0 spiro atoms. The van der Waals surface area contributed by atoms with E-state index in [1.165, 1.54) is 31.2 Å². The third kappa shape index (κ3) is 2.82. The molecule has 82 valence electrons. The molecule has 0 amide bonds. The molecule has 0 aliphatic heterocycles. The van der Waals surface area contributed by atoms with Gasteiger partial charge >= 0.3 is 0 Å². The third-order valence-corrected chi connectivity index (χ3v) is 3.40. The van der Waals surface area contributed by atoms with E-state index in [0.717, 1.165) is 0 Å². The van der Waals surface area contributed by atoms with Gasteiger partial charge in [0, 0.05) is 11.6 Å². The summed E-state index contributed by atoms with van der Waals surface area (Å²) in [7, 11) is 0. The fourth-order valence-corrected chi connectivity index (χ4v) is 2.13. The predicted octanol–water partition coefficient (Wildman–Crippen LogP) is 3.15. The van der Waals surface area contributed by atoms with Crippen molar-refractivity contribution in [2.75, 3.05) is 0 Å². The number of hydrogen-bond donors (Lipinski definition) is 1. The van der Waals surface area contributed by atoms with E-state index in [1.54, 1.807) is 0 Å². The molecule has 2 rings (SSSR count). The average Bonchev–Trinajstić information content (AvgIpc) is 2.99. The van der Waals surface area contributed by atoms with Crippen LogP contribution < -0.4 is 5.32 Å². The van der Waals surface area contributed by atoms with Crippen molar-refractivity contribution in [2.24, 2.45) is 0 Å². The lowest BCUT2D eigenvalue weighted by Crippen LogP contribution is -2.39. The van der Waals surface area contributed by atoms with Crippen LogP contribution in [0.1, 0.15) is 38.7 Å². The van der Waals surface area contributed by atoms with Crippen molar-refractivity contribution < 1.29 is 0 Å². The molecule has 1 heteroatoms. The summed E-state index contributed by atoms with van der Waals surface area (Å²) in [5.74, 6) is 0. The molecule has 1 atom stereocenters. The highest BCUT2D eigenvalue weighted by Gasteiger charge is 2.42. The van der Waals surface area contributed by atoms with E-state index in [4.69, 9.17) is 0 Å². The van der Waals surface area contributed by atoms with Crippen LogP contribution in [0.25, 0.3) is 0 Å². The van der Waals surface area contributed by atoms with Gasteiger partial charge in [-0.1, -0.05) is 37.3 Å². The molecule has 0 bridgehead atoms. The van der Waals surface area contributed by atoms with Gasteiger partial charge < -0.3 is 5.32 Å². The smallest absolute Gasteiger partial charge is 0.0225 e. The zero-order valence-electron chi connectivity index (χ0n) is 9.79. The SMILES string of the molecule is CCC(C)NC1(Cc2ccccc2)CC1. The minimum atomic E-state index is 0.427. The molecule has 15 heavy (non-hydrogen) atoms. The summed E-state index contributed by atoms with van der Waals surface area (Å²) < 4.78 is 0. The van der Waals surface area contributed by atoms with Gasteiger partial charge in [0.25, 0.3) is 0 Å². The molecular weight excluding hydrogens is 182 g/mol. The monoisotopic (exact) mass is 203 g/mol. The van der Waals surface area contributed by atoms with Crippen LogP contribution in [0.5, 0.6) is 0 Å². The summed E-state index contributed by atoms with van der Waals surface area (Å²) in [6.45, 7) is 4.53. The van der Waals surface area contributed by atoms with Crippen LogP contribution in [0.4, 0.5) is 0 Å². The molecule has 1 N–H and O–H groups in total. The molecule has 1 aromatic carbocycles. The highest BCUT2D eigenvalue weighted by atomic mass is 15.0. The molecule has 0 saturated heterocycles. The Hall–Kier alpha value is -0.820. The largest absolute Gasteiger partial charge is 0.308 e. The zero-order chi connectivity index (χ0) is 10.7. The summed E-state index contributed by atoms with van der Waals surface area (Å²) >= 11 is 0. The molecule has 1 aliphatic rings. The van der Waals surface area contributed by atoms with Gasteiger partial charge in [-0.15, -0.1) is 0 Å². The summed E-state index contributed by atoms with van der Waals surface area (Å²) in [6, 6.07) is 11.5. The first-order valence-corrected chi connectivity index (χ1v) is 6.06. The second-order valence-electron chi connectivity index (χ2n) is 4.90. The van der Waals surface area contributed by atoms with E-state index < -0.39 is 0 Å². The Kier molecular flexibility index (Phi) is 3.11. The van der Waals surface area contributed by atoms with E-state index in [1.807, 2.05) is 0 Å². The molecule has 0 aromatic heterocycles. The maximum absolute atomic E-state index is 3.77. The Bertz CT molecular complexity index is 300. The molecule has 1 saturated carbocycles. The van der Waals surface area contributed by atoms with Crippen LogP contribution >= 0.6 is 0 Å². The number of rotatable bonds is 5. The summed E-state index contributed by atoms with van der Waals surface area (Å²) in [5.41, 5.74) is 1.89. The van der Waals surface area contributed by atoms with Crippen molar-refractivity contribution in [2.45, 2.75) is 51.1 Å². The molecule has 1 nitrogen and oxygen atoms in total. The molecule has 1 aromatic rings. The maximum atomic E-state index is 3.77. The van der Waals surface area contributed by atoms with Crippen LogP contribution in [-0.2, 0) is 6.42 Å². The van der Waals surface area contributed by atoms with Crippen molar-refractivity contribution in [3.8, 4) is 0 Å². The van der Waals surface area contributed by atoms with Gasteiger partial charge in [-0.3, -0.25) is 0 Å². The van der Waals surface area contributed by atoms with Crippen LogP contribution in [0.2, 0.25) is 0 Å². The van der Waals surface area contributed by atoms with Crippen molar-refractivity contribution in [3.63, 3.8) is 0 Å². The predicted molar refractivity (Wildman–Crippen MR) is 65.0 cm³/mol. The lowest BCUT2D eigenvalue weighted by molar-refractivity contribution is 0.418. The van der Waals surface area contributed by atoms with E-state index in [0.29, 0.717) is 11.6 Å². The minimum absolute atomic E-state index is 0.427. The van der Waals surface area contributed by atoms with Gasteiger partial charge in [0.2, 0.25) is 0 Å². The van der Waals surface area contributed by atoms with Crippen molar-refractivity contribution >= 4 is 0 Å². The number of nitrogens with one attached hydrogen (secondary N) is 1. The van der Waals surface area contributed by atoms with Crippen molar-refractivity contribution in [1.29, 1.82) is 0 Å². The van der Waals surface area contributed by atoms with E-state index >= 15 is 0 Å². The van der Waals surface area contributed by atoms with E-state index in [9.17, 15) is 0 Å². The Morgan fingerprint density at radius 3 is 2.47 bits per heavy atom. The topological polar surface area (TPSA) is 12.0 Å². The third-order valence-electron chi connectivity index (χ3n) is 3.40. The summed E-state index contributed by atoms with van der Waals surface area (Å²) in [6.07, 6.45) is 5.09. The highest BCUT2D eigenvalue weighted by Crippen LogP contribution is 2.39. The fourth-order valence-electron chi connectivity index (χ4n) is 2.13. The van der Waals surface area contributed by atoms with Crippen molar-refractivity contribution in [1.82, 2.24) is 5.32 Å².